The maximum atomic E-state index is 13.0. The van der Waals surface area contributed by atoms with Crippen molar-refractivity contribution in [3.05, 3.63) is 29.3 Å². The first-order valence-corrected chi connectivity index (χ1v) is 8.83. The van der Waals surface area contributed by atoms with Crippen molar-refractivity contribution in [2.45, 2.75) is 36.9 Å². The molecule has 7 heteroatoms. The van der Waals surface area contributed by atoms with Crippen molar-refractivity contribution >= 4 is 11.7 Å². The molecule has 0 amide bonds. The molecule has 0 radical (unpaired) electrons. The van der Waals surface area contributed by atoms with E-state index in [1.165, 1.54) is 7.11 Å². The predicted molar refractivity (Wildman–Crippen MR) is 91.6 cm³/mol. The van der Waals surface area contributed by atoms with Crippen LogP contribution in [0.1, 0.15) is 30.4 Å². The van der Waals surface area contributed by atoms with E-state index >= 15 is 0 Å². The molecule has 1 saturated carbocycles. The lowest BCUT2D eigenvalue weighted by atomic mass is 9.55. The lowest BCUT2D eigenvalue weighted by Gasteiger charge is -2.50. The molecule has 4 rings (SSSR count). The molecule has 3 aliphatic rings. The smallest absolute Gasteiger partial charge is 0.316 e. The minimum absolute atomic E-state index is 0.317. The Labute approximate surface area is 151 Å². The third-order valence-electron chi connectivity index (χ3n) is 6.07. The molecule has 1 N–H and O–H groups in total. The number of fused-ring (bicyclic) bond motifs is 3. The van der Waals surface area contributed by atoms with Gasteiger partial charge in [0.15, 0.2) is 5.79 Å². The molecule has 0 unspecified atom stereocenters. The van der Waals surface area contributed by atoms with E-state index in [4.69, 9.17) is 18.9 Å². The first-order chi connectivity index (χ1) is 12.6. The van der Waals surface area contributed by atoms with Crippen LogP contribution in [-0.4, -0.2) is 50.1 Å². The van der Waals surface area contributed by atoms with Crippen LogP contribution in [0.2, 0.25) is 0 Å². The molecule has 1 heterocycles. The summed E-state index contributed by atoms with van der Waals surface area (Å²) in [6.45, 7) is 1.08. The highest BCUT2D eigenvalue weighted by atomic mass is 16.7. The maximum Gasteiger partial charge on any atom is 0.316 e. The molecule has 0 aromatic heterocycles. The van der Waals surface area contributed by atoms with Gasteiger partial charge in [-0.15, -0.1) is 0 Å². The highest BCUT2D eigenvalue weighted by molar-refractivity contribution is 6.00. The predicted octanol–water partition coefficient (Wildman–Crippen LogP) is 2.04. The van der Waals surface area contributed by atoms with E-state index in [2.05, 4.69) is 5.16 Å². The Hall–Kier alpha value is -2.12. The number of oxime groups is 1. The van der Waals surface area contributed by atoms with Crippen LogP contribution in [0, 0.1) is 5.92 Å². The van der Waals surface area contributed by atoms with Crippen LogP contribution < -0.4 is 4.74 Å². The van der Waals surface area contributed by atoms with Gasteiger partial charge in [-0.1, -0.05) is 11.2 Å². The zero-order valence-electron chi connectivity index (χ0n) is 15.0. The fourth-order valence-corrected chi connectivity index (χ4v) is 4.87. The second-order valence-electron chi connectivity index (χ2n) is 7.12. The van der Waals surface area contributed by atoms with Crippen LogP contribution in [0.5, 0.6) is 5.75 Å². The van der Waals surface area contributed by atoms with Crippen molar-refractivity contribution in [3.63, 3.8) is 0 Å². The van der Waals surface area contributed by atoms with Crippen molar-refractivity contribution in [1.29, 1.82) is 0 Å². The number of carbonyl (C=O) groups excluding carboxylic acids is 1. The van der Waals surface area contributed by atoms with Gasteiger partial charge in [-0.05, 0) is 29.7 Å². The van der Waals surface area contributed by atoms with Gasteiger partial charge in [0.2, 0.25) is 0 Å². The summed E-state index contributed by atoms with van der Waals surface area (Å²) in [4.78, 5) is 13.0. The van der Waals surface area contributed by atoms with E-state index < -0.39 is 11.2 Å². The lowest BCUT2D eigenvalue weighted by Crippen LogP contribution is -2.58. The number of rotatable bonds is 2. The Balaban J connectivity index is 1.87. The largest absolute Gasteiger partial charge is 0.497 e. The quantitative estimate of drug-likeness (QED) is 0.493. The van der Waals surface area contributed by atoms with E-state index in [0.717, 1.165) is 11.1 Å². The first-order valence-electron chi connectivity index (χ1n) is 8.83. The fourth-order valence-electron chi connectivity index (χ4n) is 4.87. The summed E-state index contributed by atoms with van der Waals surface area (Å²) >= 11 is 0. The third kappa shape index (κ3) is 2.34. The van der Waals surface area contributed by atoms with Gasteiger partial charge in [-0.25, -0.2) is 0 Å². The number of hydrogen-bond donors (Lipinski definition) is 1. The summed E-state index contributed by atoms with van der Waals surface area (Å²) in [7, 11) is 3.00. The highest BCUT2D eigenvalue weighted by Crippen LogP contribution is 2.54. The Morgan fingerprint density at radius 2 is 2.04 bits per heavy atom. The minimum Gasteiger partial charge on any atom is -0.497 e. The van der Waals surface area contributed by atoms with Crippen LogP contribution in [-0.2, 0) is 30.8 Å². The molecular formula is C19H23NO6. The number of methoxy groups -OCH3 is 2. The molecule has 26 heavy (non-hydrogen) atoms. The van der Waals surface area contributed by atoms with Gasteiger partial charge >= 0.3 is 5.97 Å². The van der Waals surface area contributed by atoms with Crippen molar-refractivity contribution in [3.8, 4) is 5.75 Å². The monoisotopic (exact) mass is 361 g/mol. The highest BCUT2D eigenvalue weighted by Gasteiger charge is 2.61. The molecular weight excluding hydrogens is 338 g/mol. The molecule has 1 aromatic rings. The molecule has 1 aliphatic heterocycles. The SMILES string of the molecule is COC(=O)[C@@]12CCC3(C[C@H]1/C(=N/O)Cc1cc(OC)ccc12)OCCO3. The Morgan fingerprint density at radius 1 is 1.27 bits per heavy atom. The molecule has 0 bridgehead atoms. The summed E-state index contributed by atoms with van der Waals surface area (Å²) in [6, 6.07) is 5.68. The van der Waals surface area contributed by atoms with E-state index in [0.29, 0.717) is 50.4 Å². The molecule has 1 spiro atoms. The van der Waals surface area contributed by atoms with Gasteiger partial charge in [0.05, 0.1) is 33.1 Å². The summed E-state index contributed by atoms with van der Waals surface area (Å²) in [5.74, 6) is -0.660. The average molecular weight is 361 g/mol. The topological polar surface area (TPSA) is 86.6 Å². The second kappa shape index (κ2) is 6.25. The molecule has 1 aromatic carbocycles. The van der Waals surface area contributed by atoms with Crippen molar-refractivity contribution in [1.82, 2.24) is 0 Å². The van der Waals surface area contributed by atoms with Gasteiger partial charge in [-0.2, -0.15) is 0 Å². The molecule has 2 aliphatic carbocycles. The van der Waals surface area contributed by atoms with Crippen LogP contribution in [0.15, 0.2) is 23.4 Å². The van der Waals surface area contributed by atoms with Gasteiger partial charge < -0.3 is 24.2 Å². The number of benzene rings is 1. The number of hydrogen-bond acceptors (Lipinski definition) is 7. The van der Waals surface area contributed by atoms with Crippen LogP contribution in [0.25, 0.3) is 0 Å². The Bertz CT molecular complexity index is 754. The Morgan fingerprint density at radius 3 is 2.69 bits per heavy atom. The van der Waals surface area contributed by atoms with Gasteiger partial charge in [0.25, 0.3) is 0 Å². The van der Waals surface area contributed by atoms with Gasteiger partial charge in [0, 0.05) is 25.2 Å². The van der Waals surface area contributed by atoms with Gasteiger partial charge in [0.1, 0.15) is 11.2 Å². The molecule has 2 fully saturated rings. The molecule has 7 nitrogen and oxygen atoms in total. The number of esters is 1. The van der Waals surface area contributed by atoms with Crippen LogP contribution in [0.3, 0.4) is 0 Å². The minimum atomic E-state index is -0.906. The van der Waals surface area contributed by atoms with Crippen molar-refractivity contribution in [2.75, 3.05) is 27.4 Å². The summed E-state index contributed by atoms with van der Waals surface area (Å²) in [6.07, 6.45) is 2.00. The van der Waals surface area contributed by atoms with E-state index in [-0.39, 0.29) is 11.9 Å². The third-order valence-corrected chi connectivity index (χ3v) is 6.07. The van der Waals surface area contributed by atoms with Gasteiger partial charge in [-0.3, -0.25) is 4.79 Å². The van der Waals surface area contributed by atoms with Crippen LogP contribution >= 0.6 is 0 Å². The number of carbonyl (C=O) groups is 1. The normalized spacial score (nSPS) is 30.7. The molecule has 2 atom stereocenters. The van der Waals surface area contributed by atoms with Crippen LogP contribution in [0.4, 0.5) is 0 Å². The zero-order chi connectivity index (χ0) is 18.4. The standard InChI is InChI=1S/C19H23NO6/c1-23-13-3-4-14-12(9-13)10-16(20-22)15-11-18(25-7-8-26-18)5-6-19(14,15)17(21)24-2/h3-4,9,15,22H,5-8,10-11H2,1-2H3/b20-16+/t15-,19+/m0/s1. The maximum absolute atomic E-state index is 13.0. The van der Waals surface area contributed by atoms with Crippen molar-refractivity contribution < 1.29 is 28.9 Å². The number of ether oxygens (including phenoxy) is 4. The molecule has 1 saturated heterocycles. The van der Waals surface area contributed by atoms with E-state index in [1.807, 2.05) is 18.2 Å². The van der Waals surface area contributed by atoms with E-state index in [1.54, 1.807) is 7.11 Å². The summed E-state index contributed by atoms with van der Waals surface area (Å²) < 4.78 is 22.3. The molecule has 140 valence electrons. The lowest BCUT2D eigenvalue weighted by molar-refractivity contribution is -0.198. The summed E-state index contributed by atoms with van der Waals surface area (Å²) in [5.41, 5.74) is 1.48. The van der Waals surface area contributed by atoms with Crippen molar-refractivity contribution in [2.24, 2.45) is 11.1 Å². The Kier molecular flexibility index (Phi) is 4.16. The fraction of sp³-hybridized carbons (Fsp3) is 0.579. The number of nitrogens with zero attached hydrogens (tertiary/aromatic N) is 1. The average Bonchev–Trinajstić information content (AvgIpc) is 3.14. The van der Waals surface area contributed by atoms with E-state index in [9.17, 15) is 10.0 Å². The summed E-state index contributed by atoms with van der Waals surface area (Å²) in [5, 5.41) is 13.3. The second-order valence-corrected chi connectivity index (χ2v) is 7.12. The zero-order valence-corrected chi connectivity index (χ0v) is 15.0. The first kappa shape index (κ1) is 17.3.